The predicted molar refractivity (Wildman–Crippen MR) is 138 cm³/mol. The lowest BCUT2D eigenvalue weighted by Gasteiger charge is -2.19. The zero-order valence-corrected chi connectivity index (χ0v) is 20.4. The average Bonchev–Trinajstić information content (AvgIpc) is 2.82. The van der Waals surface area contributed by atoms with Gasteiger partial charge in [-0.1, -0.05) is 24.3 Å². The third-order valence-electron chi connectivity index (χ3n) is 4.72. The summed E-state index contributed by atoms with van der Waals surface area (Å²) >= 11 is 1.42. The molecule has 1 aromatic carbocycles. The minimum Gasteiger partial charge on any atom is -0.444 e. The molecule has 0 unspecified atom stereocenters. The van der Waals surface area contributed by atoms with Crippen molar-refractivity contribution in [3.8, 4) is 0 Å². The number of nitrogens with one attached hydrogen (secondary N) is 2. The molecule has 0 saturated heterocycles. The Morgan fingerprint density at radius 1 is 0.886 bits per heavy atom. The number of ether oxygens (including phenoxy) is 1. The Hall–Kier alpha value is -3.98. The molecule has 0 bridgehead atoms. The van der Waals surface area contributed by atoms with Crippen molar-refractivity contribution in [1.29, 1.82) is 0 Å². The lowest BCUT2D eigenvalue weighted by atomic mass is 10.2. The molecule has 0 fully saturated rings. The molecule has 35 heavy (non-hydrogen) atoms. The Morgan fingerprint density at radius 2 is 1.66 bits per heavy atom. The standard InChI is InChI=1S/C26H25N5O3S/c1-26(2,3)34-25(33)31-21-13-17(10-12-27-21)16-35-24-20(9-6-11-28-24)23(32)30-22-14-18-7-4-5-8-19(18)15-29-22/h4-15H,16H2,1-3H3,(H,27,31,33)(H,29,30,32). The van der Waals surface area contributed by atoms with Gasteiger partial charge in [-0.2, -0.15) is 0 Å². The van der Waals surface area contributed by atoms with Crippen LogP contribution in [-0.4, -0.2) is 32.6 Å². The van der Waals surface area contributed by atoms with Gasteiger partial charge in [-0.05, 0) is 62.1 Å². The third kappa shape index (κ3) is 6.77. The van der Waals surface area contributed by atoms with Gasteiger partial charge in [-0.25, -0.2) is 19.7 Å². The molecule has 3 heterocycles. The number of carbonyl (C=O) groups excluding carboxylic acids is 2. The highest BCUT2D eigenvalue weighted by atomic mass is 32.2. The van der Waals surface area contributed by atoms with Gasteiger partial charge in [0, 0.05) is 29.7 Å². The molecular weight excluding hydrogens is 462 g/mol. The summed E-state index contributed by atoms with van der Waals surface area (Å²) in [6.45, 7) is 5.39. The number of carbonyl (C=O) groups is 2. The number of pyridine rings is 3. The fraction of sp³-hybridized carbons (Fsp3) is 0.192. The van der Waals surface area contributed by atoms with E-state index in [-0.39, 0.29) is 5.91 Å². The van der Waals surface area contributed by atoms with Gasteiger partial charge in [-0.3, -0.25) is 10.1 Å². The van der Waals surface area contributed by atoms with Crippen LogP contribution in [0.2, 0.25) is 0 Å². The van der Waals surface area contributed by atoms with Crippen molar-refractivity contribution in [2.75, 3.05) is 10.6 Å². The van der Waals surface area contributed by atoms with Crippen molar-refractivity contribution >= 4 is 46.2 Å². The highest BCUT2D eigenvalue weighted by molar-refractivity contribution is 7.98. The Labute approximate surface area is 207 Å². The molecule has 8 nitrogen and oxygen atoms in total. The van der Waals surface area contributed by atoms with Gasteiger partial charge in [0.2, 0.25) is 0 Å². The Morgan fingerprint density at radius 3 is 2.46 bits per heavy atom. The average molecular weight is 488 g/mol. The fourth-order valence-electron chi connectivity index (χ4n) is 3.21. The van der Waals surface area contributed by atoms with Crippen LogP contribution in [-0.2, 0) is 10.5 Å². The van der Waals surface area contributed by atoms with E-state index in [9.17, 15) is 9.59 Å². The molecule has 0 aliphatic carbocycles. The largest absolute Gasteiger partial charge is 0.444 e. The molecule has 9 heteroatoms. The Kier molecular flexibility index (Phi) is 7.26. The van der Waals surface area contributed by atoms with Gasteiger partial charge >= 0.3 is 6.09 Å². The van der Waals surface area contributed by atoms with Crippen molar-refractivity contribution in [2.45, 2.75) is 37.2 Å². The van der Waals surface area contributed by atoms with E-state index in [1.165, 1.54) is 11.8 Å². The Bertz CT molecular complexity index is 1370. The van der Waals surface area contributed by atoms with Crippen LogP contribution in [0.25, 0.3) is 10.8 Å². The number of aromatic nitrogens is 3. The summed E-state index contributed by atoms with van der Waals surface area (Å²) in [6, 6.07) is 16.7. The first-order valence-electron chi connectivity index (χ1n) is 11.0. The number of fused-ring (bicyclic) bond motifs is 1. The summed E-state index contributed by atoms with van der Waals surface area (Å²) in [7, 11) is 0. The van der Waals surface area contributed by atoms with Crippen molar-refractivity contribution in [1.82, 2.24) is 15.0 Å². The van der Waals surface area contributed by atoms with Crippen molar-refractivity contribution in [3.05, 3.63) is 84.3 Å². The molecule has 0 radical (unpaired) electrons. The molecule has 0 atom stereocenters. The van der Waals surface area contributed by atoms with Crippen LogP contribution in [0.4, 0.5) is 16.4 Å². The smallest absolute Gasteiger partial charge is 0.413 e. The summed E-state index contributed by atoms with van der Waals surface area (Å²) in [5.74, 6) is 1.10. The van der Waals surface area contributed by atoms with Gasteiger partial charge in [0.1, 0.15) is 22.3 Å². The van der Waals surface area contributed by atoms with Crippen LogP contribution in [0.5, 0.6) is 0 Å². The number of nitrogens with zero attached hydrogens (tertiary/aromatic N) is 3. The van der Waals surface area contributed by atoms with Crippen LogP contribution in [0.1, 0.15) is 36.7 Å². The molecule has 0 saturated carbocycles. The van der Waals surface area contributed by atoms with Gasteiger partial charge < -0.3 is 10.1 Å². The van der Waals surface area contributed by atoms with Gasteiger partial charge in [0.15, 0.2) is 0 Å². The van der Waals surface area contributed by atoms with E-state index in [2.05, 4.69) is 25.6 Å². The summed E-state index contributed by atoms with van der Waals surface area (Å²) in [5, 5.41) is 8.08. The number of hydrogen-bond acceptors (Lipinski definition) is 7. The number of hydrogen-bond donors (Lipinski definition) is 2. The van der Waals surface area contributed by atoms with Crippen LogP contribution >= 0.6 is 11.8 Å². The highest BCUT2D eigenvalue weighted by Crippen LogP contribution is 2.26. The number of thioether (sulfide) groups is 1. The quantitative estimate of drug-likeness (QED) is 0.325. The Balaban J connectivity index is 1.43. The van der Waals surface area contributed by atoms with Gasteiger partial charge in [0.25, 0.3) is 5.91 Å². The molecule has 3 aromatic heterocycles. The summed E-state index contributed by atoms with van der Waals surface area (Å²) in [5.41, 5.74) is 0.758. The molecule has 2 amide bonds. The molecule has 2 N–H and O–H groups in total. The predicted octanol–water partition coefficient (Wildman–Crippen LogP) is 5.92. The van der Waals surface area contributed by atoms with E-state index in [0.717, 1.165) is 16.3 Å². The first-order valence-corrected chi connectivity index (χ1v) is 11.9. The molecule has 4 rings (SSSR count). The van der Waals surface area contributed by atoms with Crippen LogP contribution in [0.15, 0.2) is 78.2 Å². The highest BCUT2D eigenvalue weighted by Gasteiger charge is 2.17. The summed E-state index contributed by atoms with van der Waals surface area (Å²) < 4.78 is 5.27. The topological polar surface area (TPSA) is 106 Å². The number of anilines is 2. The molecule has 4 aromatic rings. The summed E-state index contributed by atoms with van der Waals surface area (Å²) in [6.07, 6.45) is 4.42. The molecule has 0 spiro atoms. The maximum atomic E-state index is 13.0. The van der Waals surface area contributed by atoms with E-state index in [1.807, 2.05) is 36.4 Å². The monoisotopic (exact) mass is 487 g/mol. The third-order valence-corrected chi connectivity index (χ3v) is 5.79. The molecular formula is C26H25N5O3S. The van der Waals surface area contributed by atoms with Crippen LogP contribution in [0.3, 0.4) is 0 Å². The first-order chi connectivity index (χ1) is 16.8. The van der Waals surface area contributed by atoms with Crippen LogP contribution < -0.4 is 10.6 Å². The maximum absolute atomic E-state index is 13.0. The van der Waals surface area contributed by atoms with Crippen molar-refractivity contribution < 1.29 is 14.3 Å². The second-order valence-electron chi connectivity index (χ2n) is 8.69. The molecule has 0 aliphatic rings. The maximum Gasteiger partial charge on any atom is 0.413 e. The van der Waals surface area contributed by atoms with Gasteiger partial charge in [0.05, 0.1) is 5.56 Å². The number of amides is 2. The van der Waals surface area contributed by atoms with E-state index in [0.29, 0.717) is 28.0 Å². The van der Waals surface area contributed by atoms with E-state index >= 15 is 0 Å². The SMILES string of the molecule is CC(C)(C)OC(=O)Nc1cc(CSc2ncccc2C(=O)Nc2cc3ccccc3cn2)ccn1. The lowest BCUT2D eigenvalue weighted by Crippen LogP contribution is -2.27. The van der Waals surface area contributed by atoms with Crippen molar-refractivity contribution in [3.63, 3.8) is 0 Å². The number of benzene rings is 1. The number of rotatable bonds is 6. The van der Waals surface area contributed by atoms with Crippen molar-refractivity contribution in [2.24, 2.45) is 0 Å². The fourth-order valence-corrected chi connectivity index (χ4v) is 4.14. The van der Waals surface area contributed by atoms with E-state index in [4.69, 9.17) is 4.74 Å². The minimum atomic E-state index is -0.601. The summed E-state index contributed by atoms with van der Waals surface area (Å²) in [4.78, 5) is 37.9. The first kappa shape index (κ1) is 24.2. The van der Waals surface area contributed by atoms with E-state index < -0.39 is 11.7 Å². The normalized spacial score (nSPS) is 11.2. The zero-order valence-electron chi connectivity index (χ0n) is 19.6. The van der Waals surface area contributed by atoms with E-state index in [1.54, 1.807) is 57.6 Å². The van der Waals surface area contributed by atoms with Gasteiger partial charge in [-0.15, -0.1) is 11.8 Å². The second-order valence-corrected chi connectivity index (χ2v) is 9.66. The zero-order chi connectivity index (χ0) is 24.8. The van der Waals surface area contributed by atoms with Crippen LogP contribution in [0, 0.1) is 0 Å². The molecule has 178 valence electrons. The second kappa shape index (κ2) is 10.5. The minimum absolute atomic E-state index is 0.287. The molecule has 0 aliphatic heterocycles. The lowest BCUT2D eigenvalue weighted by molar-refractivity contribution is 0.0635.